The molecule has 158 valence electrons. The molecule has 0 aliphatic carbocycles. The van der Waals surface area contributed by atoms with Gasteiger partial charge in [-0.1, -0.05) is 42.5 Å². The molecule has 2 N–H and O–H groups in total. The van der Waals surface area contributed by atoms with Crippen molar-refractivity contribution in [2.45, 2.75) is 19.6 Å². The van der Waals surface area contributed by atoms with Crippen molar-refractivity contribution in [1.82, 2.24) is 10.7 Å². The Bertz CT molecular complexity index is 1050. The summed E-state index contributed by atoms with van der Waals surface area (Å²) in [6.07, 6.45) is 1.53. The van der Waals surface area contributed by atoms with Crippen molar-refractivity contribution >= 4 is 34.0 Å². The van der Waals surface area contributed by atoms with E-state index in [0.717, 1.165) is 16.9 Å². The first-order chi connectivity index (χ1) is 15.0. The minimum atomic E-state index is -0.745. The maximum absolute atomic E-state index is 12.3. The van der Waals surface area contributed by atoms with Gasteiger partial charge in [-0.3, -0.25) is 9.59 Å². The van der Waals surface area contributed by atoms with Gasteiger partial charge in [0, 0.05) is 4.47 Å². The van der Waals surface area contributed by atoms with Crippen molar-refractivity contribution in [3.8, 4) is 5.75 Å². The van der Waals surface area contributed by atoms with Gasteiger partial charge in [-0.2, -0.15) is 5.10 Å². The van der Waals surface area contributed by atoms with Crippen molar-refractivity contribution < 1.29 is 14.3 Å². The summed E-state index contributed by atoms with van der Waals surface area (Å²) in [5.41, 5.74) is 4.79. The summed E-state index contributed by atoms with van der Waals surface area (Å²) < 4.78 is 6.41. The van der Waals surface area contributed by atoms with Gasteiger partial charge in [-0.05, 0) is 70.4 Å². The largest absolute Gasteiger partial charge is 0.489 e. The van der Waals surface area contributed by atoms with Crippen molar-refractivity contribution in [2.75, 3.05) is 0 Å². The second-order valence-electron chi connectivity index (χ2n) is 6.75. The van der Waals surface area contributed by atoms with Crippen molar-refractivity contribution in [2.24, 2.45) is 5.10 Å². The molecule has 0 aliphatic heterocycles. The molecular weight excluding hydrogens is 458 g/mol. The highest BCUT2D eigenvalue weighted by Gasteiger charge is 2.17. The van der Waals surface area contributed by atoms with Gasteiger partial charge >= 0.3 is 0 Å². The van der Waals surface area contributed by atoms with Gasteiger partial charge < -0.3 is 10.1 Å². The number of hydrazone groups is 1. The van der Waals surface area contributed by atoms with Crippen molar-refractivity contribution in [3.63, 3.8) is 0 Å². The molecule has 1 unspecified atom stereocenters. The highest BCUT2D eigenvalue weighted by atomic mass is 79.9. The molecule has 0 radical (unpaired) electrons. The highest BCUT2D eigenvalue weighted by Crippen LogP contribution is 2.16. The van der Waals surface area contributed by atoms with Crippen LogP contribution in [0.4, 0.5) is 0 Å². The van der Waals surface area contributed by atoms with Crippen LogP contribution in [-0.4, -0.2) is 24.1 Å². The Labute approximate surface area is 189 Å². The molecule has 2 amide bonds. The van der Waals surface area contributed by atoms with Crippen LogP contribution in [0.15, 0.2) is 88.4 Å². The minimum absolute atomic E-state index is 0.342. The molecule has 0 saturated heterocycles. The van der Waals surface area contributed by atoms with Gasteiger partial charge in [0.05, 0.1) is 11.8 Å². The van der Waals surface area contributed by atoms with Gasteiger partial charge in [0.15, 0.2) is 0 Å². The number of nitrogens with zero attached hydrogens (tertiary/aromatic N) is 1. The van der Waals surface area contributed by atoms with E-state index in [1.165, 1.54) is 6.21 Å². The van der Waals surface area contributed by atoms with E-state index in [4.69, 9.17) is 4.74 Å². The molecule has 3 rings (SSSR count). The maximum atomic E-state index is 12.3. The van der Waals surface area contributed by atoms with E-state index in [2.05, 4.69) is 31.8 Å². The summed E-state index contributed by atoms with van der Waals surface area (Å²) >= 11 is 3.32. The number of halogens is 1. The molecule has 0 fully saturated rings. The Balaban J connectivity index is 1.46. The standard InChI is InChI=1S/C24H22BrN3O3/c1-17(27-24(30)21-9-5-6-10-22(21)25)23(29)28-26-15-18-11-13-20(14-12-18)31-16-19-7-3-2-4-8-19/h2-15,17H,16H2,1H3,(H,27,30)(H,28,29). The van der Waals surface area contributed by atoms with Crippen LogP contribution in [0.25, 0.3) is 0 Å². The first-order valence-electron chi connectivity index (χ1n) is 9.68. The second-order valence-corrected chi connectivity index (χ2v) is 7.61. The molecule has 0 saturated carbocycles. The molecule has 3 aromatic carbocycles. The number of hydrogen-bond donors (Lipinski definition) is 2. The molecular formula is C24H22BrN3O3. The van der Waals surface area contributed by atoms with Crippen LogP contribution in [-0.2, 0) is 11.4 Å². The first-order valence-corrected chi connectivity index (χ1v) is 10.5. The van der Waals surface area contributed by atoms with E-state index in [0.29, 0.717) is 16.6 Å². The predicted octanol–water partition coefficient (Wildman–Crippen LogP) is 4.30. The zero-order chi connectivity index (χ0) is 22.1. The Morgan fingerprint density at radius 2 is 1.68 bits per heavy atom. The Kier molecular flexibility index (Phi) is 7.95. The number of ether oxygens (including phenoxy) is 1. The number of amides is 2. The number of nitrogens with one attached hydrogen (secondary N) is 2. The number of carbonyl (C=O) groups excluding carboxylic acids is 2. The fourth-order valence-corrected chi connectivity index (χ4v) is 3.11. The lowest BCUT2D eigenvalue weighted by Gasteiger charge is -2.12. The highest BCUT2D eigenvalue weighted by molar-refractivity contribution is 9.10. The van der Waals surface area contributed by atoms with E-state index in [-0.39, 0.29) is 5.91 Å². The van der Waals surface area contributed by atoms with Gasteiger partial charge in [0.2, 0.25) is 0 Å². The monoisotopic (exact) mass is 479 g/mol. The van der Waals surface area contributed by atoms with E-state index < -0.39 is 11.9 Å². The Morgan fingerprint density at radius 3 is 2.39 bits per heavy atom. The van der Waals surface area contributed by atoms with E-state index >= 15 is 0 Å². The zero-order valence-corrected chi connectivity index (χ0v) is 18.5. The predicted molar refractivity (Wildman–Crippen MR) is 124 cm³/mol. The first kappa shape index (κ1) is 22.2. The smallest absolute Gasteiger partial charge is 0.262 e. The fourth-order valence-electron chi connectivity index (χ4n) is 2.64. The van der Waals surface area contributed by atoms with Crippen molar-refractivity contribution in [1.29, 1.82) is 0 Å². The summed E-state index contributed by atoms with van der Waals surface area (Å²) in [5, 5.41) is 6.61. The normalized spacial score (nSPS) is 11.7. The SMILES string of the molecule is CC(NC(=O)c1ccccc1Br)C(=O)NN=Cc1ccc(OCc2ccccc2)cc1. The zero-order valence-electron chi connectivity index (χ0n) is 16.9. The number of benzene rings is 3. The molecule has 7 heteroatoms. The number of hydrogen-bond acceptors (Lipinski definition) is 4. The van der Waals surface area contributed by atoms with Crippen molar-refractivity contribution in [3.05, 3.63) is 100 Å². The molecule has 3 aromatic rings. The van der Waals surface area contributed by atoms with Crippen LogP contribution in [0.5, 0.6) is 5.75 Å². The quantitative estimate of drug-likeness (QED) is 0.373. The van der Waals surface area contributed by atoms with Gasteiger partial charge in [-0.15, -0.1) is 0 Å². The van der Waals surface area contributed by atoms with Gasteiger partial charge in [0.1, 0.15) is 18.4 Å². The lowest BCUT2D eigenvalue weighted by Crippen LogP contribution is -2.43. The third-order valence-corrected chi connectivity index (χ3v) is 5.07. The molecule has 6 nitrogen and oxygen atoms in total. The number of rotatable bonds is 8. The van der Waals surface area contributed by atoms with E-state index in [9.17, 15) is 9.59 Å². The summed E-state index contributed by atoms with van der Waals surface area (Å²) in [4.78, 5) is 24.5. The molecule has 0 heterocycles. The minimum Gasteiger partial charge on any atom is -0.489 e. The van der Waals surface area contributed by atoms with Crippen LogP contribution >= 0.6 is 15.9 Å². The van der Waals surface area contributed by atoms with E-state index in [1.807, 2.05) is 60.7 Å². The van der Waals surface area contributed by atoms with Gasteiger partial charge in [-0.25, -0.2) is 5.43 Å². The molecule has 1 atom stereocenters. The lowest BCUT2D eigenvalue weighted by molar-refractivity contribution is -0.122. The molecule has 31 heavy (non-hydrogen) atoms. The van der Waals surface area contributed by atoms with Crippen LogP contribution < -0.4 is 15.5 Å². The van der Waals surface area contributed by atoms with Crippen LogP contribution in [0, 0.1) is 0 Å². The van der Waals surface area contributed by atoms with Crippen LogP contribution in [0.2, 0.25) is 0 Å². The third-order valence-electron chi connectivity index (χ3n) is 4.38. The van der Waals surface area contributed by atoms with E-state index in [1.54, 1.807) is 25.1 Å². The molecule has 0 bridgehead atoms. The van der Waals surface area contributed by atoms with Gasteiger partial charge in [0.25, 0.3) is 11.8 Å². The third kappa shape index (κ3) is 6.79. The average Bonchev–Trinajstić information content (AvgIpc) is 2.79. The Morgan fingerprint density at radius 1 is 1.00 bits per heavy atom. The summed E-state index contributed by atoms with van der Waals surface area (Å²) in [6, 6.07) is 23.5. The fraction of sp³-hybridized carbons (Fsp3) is 0.125. The molecule has 0 aliphatic rings. The molecule has 0 spiro atoms. The summed E-state index contributed by atoms with van der Waals surface area (Å²) in [6.45, 7) is 2.09. The Hall–Kier alpha value is -3.45. The second kappa shape index (κ2) is 11.1. The number of carbonyl (C=O) groups is 2. The maximum Gasteiger partial charge on any atom is 0.262 e. The lowest BCUT2D eigenvalue weighted by atomic mass is 10.2. The molecule has 0 aromatic heterocycles. The topological polar surface area (TPSA) is 79.8 Å². The summed E-state index contributed by atoms with van der Waals surface area (Å²) in [7, 11) is 0. The average molecular weight is 480 g/mol. The van der Waals surface area contributed by atoms with Crippen LogP contribution in [0.1, 0.15) is 28.4 Å². The summed E-state index contributed by atoms with van der Waals surface area (Å²) in [5.74, 6) is -0.0156. The van der Waals surface area contributed by atoms with Crippen LogP contribution in [0.3, 0.4) is 0 Å².